The molecule has 2 rings (SSSR count). The first-order valence-electron chi connectivity index (χ1n) is 5.39. The smallest absolute Gasteiger partial charge is 0.193 e. The van der Waals surface area contributed by atoms with E-state index < -0.39 is 0 Å². The Morgan fingerprint density at radius 2 is 2.13 bits per heavy atom. The van der Waals surface area contributed by atoms with Crippen molar-refractivity contribution in [2.24, 2.45) is 4.99 Å². The summed E-state index contributed by atoms with van der Waals surface area (Å²) in [6, 6.07) is 10.4. The van der Waals surface area contributed by atoms with Gasteiger partial charge in [0, 0.05) is 26.7 Å². The van der Waals surface area contributed by atoms with Crippen LogP contribution in [0.2, 0.25) is 0 Å². The van der Waals surface area contributed by atoms with Gasteiger partial charge in [-0.05, 0) is 12.0 Å². The lowest BCUT2D eigenvalue weighted by molar-refractivity contribution is 0.446. The fourth-order valence-corrected chi connectivity index (χ4v) is 1.69. The van der Waals surface area contributed by atoms with Gasteiger partial charge in [-0.3, -0.25) is 4.99 Å². The van der Waals surface area contributed by atoms with E-state index >= 15 is 0 Å². The Bertz CT molecular complexity index is 332. The summed E-state index contributed by atoms with van der Waals surface area (Å²) in [5, 5.41) is 3.36. The maximum absolute atomic E-state index is 4.46. The van der Waals surface area contributed by atoms with Gasteiger partial charge in [0.05, 0.1) is 0 Å². The molecule has 0 aromatic heterocycles. The van der Waals surface area contributed by atoms with Gasteiger partial charge in [-0.1, -0.05) is 30.3 Å². The molecule has 0 radical (unpaired) electrons. The van der Waals surface area contributed by atoms with Crippen molar-refractivity contribution in [3.8, 4) is 0 Å². The maximum atomic E-state index is 4.46. The van der Waals surface area contributed by atoms with Gasteiger partial charge in [0.25, 0.3) is 0 Å². The second-order valence-electron chi connectivity index (χ2n) is 3.82. The Hall–Kier alpha value is -1.51. The first-order valence-corrected chi connectivity index (χ1v) is 5.39. The first-order chi connectivity index (χ1) is 7.36. The van der Waals surface area contributed by atoms with E-state index in [1.807, 2.05) is 6.07 Å². The number of nitrogens with zero attached hydrogens (tertiary/aromatic N) is 2. The van der Waals surface area contributed by atoms with Gasteiger partial charge in [0.2, 0.25) is 0 Å². The Balaban J connectivity index is 1.90. The van der Waals surface area contributed by atoms with Crippen LogP contribution in [0.25, 0.3) is 0 Å². The van der Waals surface area contributed by atoms with Crippen molar-refractivity contribution in [2.75, 3.05) is 20.1 Å². The fraction of sp³-hybridized carbons (Fsp3) is 0.417. The quantitative estimate of drug-likeness (QED) is 0.788. The van der Waals surface area contributed by atoms with E-state index in [0.29, 0.717) is 0 Å². The third kappa shape index (κ3) is 2.72. The predicted molar refractivity (Wildman–Crippen MR) is 62.8 cm³/mol. The molecule has 3 nitrogen and oxygen atoms in total. The molecule has 1 aliphatic heterocycles. The van der Waals surface area contributed by atoms with Gasteiger partial charge >= 0.3 is 0 Å². The molecule has 1 N–H and O–H groups in total. The second kappa shape index (κ2) is 4.82. The molecule has 0 fully saturated rings. The van der Waals surface area contributed by atoms with Crippen LogP contribution in [0.5, 0.6) is 0 Å². The van der Waals surface area contributed by atoms with Crippen molar-refractivity contribution in [1.82, 2.24) is 10.2 Å². The van der Waals surface area contributed by atoms with Crippen LogP contribution in [-0.2, 0) is 6.54 Å². The monoisotopic (exact) mass is 203 g/mol. The van der Waals surface area contributed by atoms with Crippen LogP contribution >= 0.6 is 0 Å². The third-order valence-corrected chi connectivity index (χ3v) is 2.57. The minimum absolute atomic E-state index is 0.851. The zero-order valence-corrected chi connectivity index (χ0v) is 9.11. The first kappa shape index (κ1) is 10.0. The highest BCUT2D eigenvalue weighted by molar-refractivity contribution is 5.80. The molecule has 1 aromatic rings. The predicted octanol–water partition coefficient (Wildman–Crippen LogP) is 1.47. The molecular formula is C12H17N3. The van der Waals surface area contributed by atoms with E-state index in [0.717, 1.165) is 32.0 Å². The molecule has 1 aromatic carbocycles. The number of nitrogens with one attached hydrogen (secondary N) is 1. The molecule has 15 heavy (non-hydrogen) atoms. The third-order valence-electron chi connectivity index (χ3n) is 2.57. The summed E-state index contributed by atoms with van der Waals surface area (Å²) in [4.78, 5) is 6.63. The molecule has 0 saturated heterocycles. The molecule has 0 aliphatic carbocycles. The maximum Gasteiger partial charge on any atom is 0.193 e. The number of aliphatic imine (C=N–C) groups is 1. The van der Waals surface area contributed by atoms with E-state index in [2.05, 4.69) is 46.5 Å². The Labute approximate surface area is 90.8 Å². The summed E-state index contributed by atoms with van der Waals surface area (Å²) >= 11 is 0. The zero-order valence-electron chi connectivity index (χ0n) is 9.11. The van der Waals surface area contributed by atoms with Crippen molar-refractivity contribution >= 4 is 5.96 Å². The van der Waals surface area contributed by atoms with Crippen molar-refractivity contribution < 1.29 is 0 Å². The summed E-state index contributed by atoms with van der Waals surface area (Å²) in [5.41, 5.74) is 1.29. The number of rotatable bonds is 2. The van der Waals surface area contributed by atoms with Crippen molar-refractivity contribution in [3.63, 3.8) is 0 Å². The van der Waals surface area contributed by atoms with Crippen LogP contribution in [0.4, 0.5) is 0 Å². The van der Waals surface area contributed by atoms with Crippen LogP contribution in [-0.4, -0.2) is 31.0 Å². The highest BCUT2D eigenvalue weighted by Gasteiger charge is 2.09. The van der Waals surface area contributed by atoms with Crippen LogP contribution in [0.15, 0.2) is 35.3 Å². The number of hydrogen-bond donors (Lipinski definition) is 1. The van der Waals surface area contributed by atoms with Gasteiger partial charge in [0.1, 0.15) is 0 Å². The summed E-state index contributed by atoms with van der Waals surface area (Å²) in [7, 11) is 2.08. The van der Waals surface area contributed by atoms with Crippen molar-refractivity contribution in [1.29, 1.82) is 0 Å². The van der Waals surface area contributed by atoms with Gasteiger partial charge < -0.3 is 10.2 Å². The van der Waals surface area contributed by atoms with Crippen LogP contribution in [0.1, 0.15) is 12.0 Å². The SMILES string of the molecule is CN1CCCN=C1NCc1ccccc1. The van der Waals surface area contributed by atoms with E-state index in [9.17, 15) is 0 Å². The lowest BCUT2D eigenvalue weighted by Gasteiger charge is -2.25. The summed E-state index contributed by atoms with van der Waals surface area (Å²) in [5.74, 6) is 1.02. The van der Waals surface area contributed by atoms with Gasteiger partial charge in [-0.2, -0.15) is 0 Å². The highest BCUT2D eigenvalue weighted by atomic mass is 15.3. The van der Waals surface area contributed by atoms with Crippen LogP contribution < -0.4 is 5.32 Å². The van der Waals surface area contributed by atoms with Crippen LogP contribution in [0.3, 0.4) is 0 Å². The highest BCUT2D eigenvalue weighted by Crippen LogP contribution is 2.01. The van der Waals surface area contributed by atoms with E-state index in [1.54, 1.807) is 0 Å². The van der Waals surface area contributed by atoms with E-state index in [4.69, 9.17) is 0 Å². The molecule has 80 valence electrons. The molecule has 0 spiro atoms. The summed E-state index contributed by atoms with van der Waals surface area (Å²) < 4.78 is 0. The molecule has 0 atom stereocenters. The second-order valence-corrected chi connectivity index (χ2v) is 3.82. The van der Waals surface area contributed by atoms with Gasteiger partial charge in [-0.15, -0.1) is 0 Å². The standard InChI is InChI=1S/C12H17N3/c1-15-9-5-8-13-12(15)14-10-11-6-3-2-4-7-11/h2-4,6-7H,5,8-10H2,1H3,(H,13,14). The number of guanidine groups is 1. The van der Waals surface area contributed by atoms with Crippen LogP contribution in [0, 0.1) is 0 Å². The normalized spacial score (nSPS) is 16.1. The molecule has 0 amide bonds. The molecule has 0 saturated carbocycles. The van der Waals surface area contributed by atoms with Crippen molar-refractivity contribution in [2.45, 2.75) is 13.0 Å². The average molecular weight is 203 g/mol. The molecule has 1 aliphatic rings. The Morgan fingerprint density at radius 3 is 2.87 bits per heavy atom. The fourth-order valence-electron chi connectivity index (χ4n) is 1.69. The number of hydrogen-bond acceptors (Lipinski definition) is 3. The Morgan fingerprint density at radius 1 is 1.33 bits per heavy atom. The lowest BCUT2D eigenvalue weighted by Crippen LogP contribution is -2.41. The van der Waals surface area contributed by atoms with E-state index in [1.165, 1.54) is 5.56 Å². The summed E-state index contributed by atoms with van der Waals surface area (Å²) in [6.45, 7) is 2.89. The Kier molecular flexibility index (Phi) is 3.22. The zero-order chi connectivity index (χ0) is 10.5. The minimum Gasteiger partial charge on any atom is -0.352 e. The molecule has 0 unspecified atom stereocenters. The molecule has 1 heterocycles. The van der Waals surface area contributed by atoms with Gasteiger partial charge in [-0.25, -0.2) is 0 Å². The summed E-state index contributed by atoms with van der Waals surface area (Å²) in [6.07, 6.45) is 1.16. The minimum atomic E-state index is 0.851. The largest absolute Gasteiger partial charge is 0.352 e. The van der Waals surface area contributed by atoms with Gasteiger partial charge in [0.15, 0.2) is 5.96 Å². The molecular weight excluding hydrogens is 186 g/mol. The van der Waals surface area contributed by atoms with Crippen molar-refractivity contribution in [3.05, 3.63) is 35.9 Å². The number of benzene rings is 1. The lowest BCUT2D eigenvalue weighted by atomic mass is 10.2. The molecule has 0 bridgehead atoms. The average Bonchev–Trinajstić information content (AvgIpc) is 2.29. The van der Waals surface area contributed by atoms with E-state index in [-0.39, 0.29) is 0 Å². The topological polar surface area (TPSA) is 27.6 Å². The molecule has 3 heteroatoms.